The summed E-state index contributed by atoms with van der Waals surface area (Å²) in [4.78, 5) is 17.8. The lowest BCUT2D eigenvalue weighted by Crippen LogP contribution is -2.45. The Bertz CT molecular complexity index is 1410. The van der Waals surface area contributed by atoms with E-state index in [0.717, 1.165) is 56.7 Å². The quantitative estimate of drug-likeness (QED) is 0.343. The monoisotopic (exact) mass is 520 g/mol. The first-order valence-corrected chi connectivity index (χ1v) is 13.3. The number of halogens is 2. The highest BCUT2D eigenvalue weighted by Gasteiger charge is 2.20. The van der Waals surface area contributed by atoms with Gasteiger partial charge in [-0.15, -0.1) is 0 Å². The van der Waals surface area contributed by atoms with Crippen LogP contribution in [0.5, 0.6) is 0 Å². The number of nitrogens with zero attached hydrogens (tertiary/aromatic N) is 7. The largest absolute Gasteiger partial charge is 0.309 e. The average molecular weight is 521 g/mol. The van der Waals surface area contributed by atoms with Crippen molar-refractivity contribution in [2.75, 3.05) is 38.0 Å². The lowest BCUT2D eigenvalue weighted by atomic mass is 10.0. The van der Waals surface area contributed by atoms with E-state index in [4.69, 9.17) is 0 Å². The van der Waals surface area contributed by atoms with Crippen LogP contribution in [0.2, 0.25) is 0 Å². The Morgan fingerprint density at radius 2 is 1.68 bits per heavy atom. The first kappa shape index (κ1) is 26.1. The number of fused-ring (bicyclic) bond motifs is 1. The molecule has 8 nitrogen and oxygen atoms in total. The molecule has 0 saturated carbocycles. The topological polar surface area (TPSA) is 75.0 Å². The molecule has 1 aliphatic rings. The Morgan fingerprint density at radius 3 is 2.34 bits per heavy atom. The van der Waals surface area contributed by atoms with Crippen molar-refractivity contribution in [1.29, 1.82) is 0 Å². The molecule has 0 bridgehead atoms. The number of piperazine rings is 1. The highest BCUT2D eigenvalue weighted by atomic mass is 19.1. The van der Waals surface area contributed by atoms with Crippen molar-refractivity contribution in [2.24, 2.45) is 0 Å². The summed E-state index contributed by atoms with van der Waals surface area (Å²) in [7, 11) is 0. The summed E-state index contributed by atoms with van der Waals surface area (Å²) in [5, 5.41) is 8.14. The molecule has 1 fully saturated rings. The molecule has 4 heterocycles. The molecular formula is C28H34F2N8. The van der Waals surface area contributed by atoms with Crippen LogP contribution in [0.3, 0.4) is 0 Å². The Hall–Kier alpha value is -3.50. The summed E-state index contributed by atoms with van der Waals surface area (Å²) >= 11 is 0. The van der Waals surface area contributed by atoms with E-state index in [2.05, 4.69) is 42.1 Å². The molecule has 1 aliphatic heterocycles. The normalized spacial score (nSPS) is 15.0. The zero-order valence-electron chi connectivity index (χ0n) is 22.4. The summed E-state index contributed by atoms with van der Waals surface area (Å²) < 4.78 is 31.7. The van der Waals surface area contributed by atoms with Gasteiger partial charge in [-0.05, 0) is 43.1 Å². The predicted octanol–water partition coefficient (Wildman–Crippen LogP) is 5.19. The zero-order valence-corrected chi connectivity index (χ0v) is 22.4. The number of nitrogens with one attached hydrogen (secondary N) is 1. The summed E-state index contributed by atoms with van der Waals surface area (Å²) in [6.45, 7) is 15.1. The fourth-order valence-electron chi connectivity index (χ4n) is 5.05. The minimum atomic E-state index is -0.630. The third-order valence-electron chi connectivity index (χ3n) is 7.09. The van der Waals surface area contributed by atoms with E-state index in [1.807, 2.05) is 39.1 Å². The number of pyridine rings is 1. The van der Waals surface area contributed by atoms with Gasteiger partial charge in [0.25, 0.3) is 0 Å². The van der Waals surface area contributed by atoms with E-state index in [9.17, 15) is 4.39 Å². The second-order valence-electron chi connectivity index (χ2n) is 9.99. The molecule has 0 radical (unpaired) electrons. The fourth-order valence-corrected chi connectivity index (χ4v) is 5.05. The van der Waals surface area contributed by atoms with E-state index < -0.39 is 11.6 Å². The summed E-state index contributed by atoms with van der Waals surface area (Å²) in [5.74, 6) is -0.277. The van der Waals surface area contributed by atoms with Gasteiger partial charge in [0.2, 0.25) is 5.95 Å². The first-order valence-electron chi connectivity index (χ1n) is 13.3. The highest BCUT2D eigenvalue weighted by molar-refractivity contribution is 5.87. The molecule has 5 rings (SSSR count). The Kier molecular flexibility index (Phi) is 7.62. The lowest BCUT2D eigenvalue weighted by molar-refractivity contribution is 0.132. The van der Waals surface area contributed by atoms with Crippen LogP contribution in [-0.4, -0.2) is 67.3 Å². The molecule has 3 aromatic heterocycles. The van der Waals surface area contributed by atoms with E-state index >= 15 is 4.39 Å². The molecule has 200 valence electrons. The SMILES string of the molecule is CCN1CCN(Cc2ccc(Nc3ncc(F)c(-c4cc(F)c5nn(CC)c(C(C)C)c5c4)n3)nc2)CC1. The van der Waals surface area contributed by atoms with Crippen molar-refractivity contribution in [1.82, 2.24) is 34.5 Å². The lowest BCUT2D eigenvalue weighted by Gasteiger charge is -2.33. The number of hydrogen-bond acceptors (Lipinski definition) is 7. The van der Waals surface area contributed by atoms with Gasteiger partial charge in [0, 0.05) is 62.1 Å². The van der Waals surface area contributed by atoms with Gasteiger partial charge in [0.05, 0.1) is 6.20 Å². The fraction of sp³-hybridized carbons (Fsp3) is 0.429. The van der Waals surface area contributed by atoms with Gasteiger partial charge in [-0.2, -0.15) is 5.10 Å². The van der Waals surface area contributed by atoms with Crippen molar-refractivity contribution in [3.8, 4) is 11.3 Å². The van der Waals surface area contributed by atoms with Crippen LogP contribution in [0.1, 0.15) is 44.9 Å². The number of hydrogen-bond donors (Lipinski definition) is 1. The molecule has 0 spiro atoms. The molecular weight excluding hydrogens is 486 g/mol. The smallest absolute Gasteiger partial charge is 0.229 e. The van der Waals surface area contributed by atoms with Gasteiger partial charge < -0.3 is 10.2 Å². The Morgan fingerprint density at radius 1 is 0.921 bits per heavy atom. The van der Waals surface area contributed by atoms with Crippen LogP contribution in [0.4, 0.5) is 20.5 Å². The maximum absolute atomic E-state index is 15.1. The second kappa shape index (κ2) is 11.1. The molecule has 1 aromatic carbocycles. The number of aryl methyl sites for hydroxylation is 1. The summed E-state index contributed by atoms with van der Waals surface area (Å²) in [6, 6.07) is 6.93. The summed E-state index contributed by atoms with van der Waals surface area (Å²) in [6.07, 6.45) is 2.93. The maximum Gasteiger partial charge on any atom is 0.229 e. The molecule has 4 aromatic rings. The molecule has 38 heavy (non-hydrogen) atoms. The van der Waals surface area contributed by atoms with Crippen LogP contribution < -0.4 is 5.32 Å². The molecule has 0 amide bonds. The third kappa shape index (κ3) is 5.37. The molecule has 0 atom stereocenters. The second-order valence-corrected chi connectivity index (χ2v) is 9.99. The van der Waals surface area contributed by atoms with Crippen molar-refractivity contribution in [2.45, 2.75) is 46.7 Å². The molecule has 1 saturated heterocycles. The number of aromatic nitrogens is 5. The van der Waals surface area contributed by atoms with Crippen LogP contribution >= 0.6 is 0 Å². The number of rotatable bonds is 8. The highest BCUT2D eigenvalue weighted by Crippen LogP contribution is 2.32. The van der Waals surface area contributed by atoms with Crippen molar-refractivity contribution < 1.29 is 8.78 Å². The van der Waals surface area contributed by atoms with Crippen LogP contribution in [0, 0.1) is 11.6 Å². The van der Waals surface area contributed by atoms with Crippen LogP contribution in [0.15, 0.2) is 36.7 Å². The minimum absolute atomic E-state index is 0.0186. The van der Waals surface area contributed by atoms with Gasteiger partial charge in [-0.25, -0.2) is 23.7 Å². The zero-order chi connectivity index (χ0) is 26.8. The minimum Gasteiger partial charge on any atom is -0.309 e. The van der Waals surface area contributed by atoms with Crippen LogP contribution in [0.25, 0.3) is 22.2 Å². The first-order chi connectivity index (χ1) is 18.4. The van der Waals surface area contributed by atoms with E-state index in [1.165, 1.54) is 6.07 Å². The third-order valence-corrected chi connectivity index (χ3v) is 7.09. The number of likely N-dealkylation sites (N-methyl/N-ethyl adjacent to an activating group) is 1. The van der Waals surface area contributed by atoms with E-state index in [1.54, 1.807) is 10.7 Å². The number of benzene rings is 1. The standard InChI is InChI=1S/C28H34F2N8/c1-5-36-9-11-37(12-10-36)17-19-7-8-24(31-15-19)33-28-32-16-23(30)25(34-28)20-13-21-26(22(29)14-20)35-38(6-2)27(21)18(3)4/h7-8,13-16,18H,5-6,9-12,17H2,1-4H3,(H,31,32,33,34). The van der Waals surface area contributed by atoms with Gasteiger partial charge in [0.15, 0.2) is 11.6 Å². The number of anilines is 2. The van der Waals surface area contributed by atoms with Crippen LogP contribution in [-0.2, 0) is 13.1 Å². The molecule has 10 heteroatoms. The van der Waals surface area contributed by atoms with E-state index in [-0.39, 0.29) is 23.1 Å². The molecule has 1 N–H and O–H groups in total. The molecule has 0 aliphatic carbocycles. The predicted molar refractivity (Wildman–Crippen MR) is 145 cm³/mol. The van der Waals surface area contributed by atoms with Gasteiger partial charge >= 0.3 is 0 Å². The van der Waals surface area contributed by atoms with Gasteiger partial charge in [-0.3, -0.25) is 9.58 Å². The van der Waals surface area contributed by atoms with E-state index in [0.29, 0.717) is 23.3 Å². The molecule has 0 unspecified atom stereocenters. The summed E-state index contributed by atoms with van der Waals surface area (Å²) in [5.41, 5.74) is 2.67. The van der Waals surface area contributed by atoms with Gasteiger partial charge in [-0.1, -0.05) is 26.8 Å². The van der Waals surface area contributed by atoms with Gasteiger partial charge in [0.1, 0.15) is 17.0 Å². The Balaban J connectivity index is 1.36. The maximum atomic E-state index is 15.1. The average Bonchev–Trinajstić information content (AvgIpc) is 3.31. The Labute approximate surface area is 221 Å². The van der Waals surface area contributed by atoms with Crippen molar-refractivity contribution in [3.63, 3.8) is 0 Å². The van der Waals surface area contributed by atoms with Crippen molar-refractivity contribution in [3.05, 3.63) is 59.6 Å². The van der Waals surface area contributed by atoms with Crippen molar-refractivity contribution >= 4 is 22.7 Å².